The molecular formula is C11H16ClNO4S2. The zero-order valence-electron chi connectivity index (χ0n) is 10.9. The van der Waals surface area contributed by atoms with Gasteiger partial charge < -0.3 is 10.1 Å². The maximum atomic E-state index is 12.0. The van der Waals surface area contributed by atoms with Gasteiger partial charge in [-0.25, -0.2) is 8.42 Å². The van der Waals surface area contributed by atoms with Gasteiger partial charge in [0.05, 0.1) is 12.2 Å². The Bertz CT molecular complexity index is 553. The van der Waals surface area contributed by atoms with Gasteiger partial charge in [-0.05, 0) is 26.3 Å². The first kappa shape index (κ1) is 16.4. The van der Waals surface area contributed by atoms with Gasteiger partial charge >= 0.3 is 0 Å². The van der Waals surface area contributed by atoms with Crippen molar-refractivity contribution in [3.8, 4) is 0 Å². The minimum Gasteiger partial charge on any atom is -0.380 e. The highest BCUT2D eigenvalue weighted by Gasteiger charge is 2.22. The second-order valence-corrected chi connectivity index (χ2v) is 7.67. The van der Waals surface area contributed by atoms with E-state index in [4.69, 9.17) is 15.4 Å². The van der Waals surface area contributed by atoms with Gasteiger partial charge in [0.25, 0.3) is 15.0 Å². The molecule has 5 nitrogen and oxygen atoms in total. The van der Waals surface area contributed by atoms with Crippen molar-refractivity contribution < 1.29 is 17.9 Å². The molecule has 1 N–H and O–H groups in total. The molecule has 1 unspecified atom stereocenters. The van der Waals surface area contributed by atoms with Crippen molar-refractivity contribution >= 4 is 37.0 Å². The zero-order chi connectivity index (χ0) is 14.6. The Morgan fingerprint density at radius 3 is 2.68 bits per heavy atom. The zero-order valence-corrected chi connectivity index (χ0v) is 13.3. The van der Waals surface area contributed by atoms with Gasteiger partial charge in [0.1, 0.15) is 4.21 Å². The molecule has 1 amide bonds. The van der Waals surface area contributed by atoms with Crippen LogP contribution >= 0.6 is 22.0 Å². The number of carbonyl (C=O) groups is 1. The number of hydrogen-bond acceptors (Lipinski definition) is 5. The average Bonchev–Trinajstić information content (AvgIpc) is 2.68. The Labute approximate surface area is 121 Å². The van der Waals surface area contributed by atoms with Crippen LogP contribution in [0, 0.1) is 6.92 Å². The van der Waals surface area contributed by atoms with Crippen LogP contribution < -0.4 is 5.32 Å². The highest BCUT2D eigenvalue weighted by atomic mass is 35.7. The van der Waals surface area contributed by atoms with Crippen LogP contribution in [0.2, 0.25) is 0 Å². The molecule has 1 aromatic heterocycles. The van der Waals surface area contributed by atoms with E-state index in [0.717, 1.165) is 11.3 Å². The van der Waals surface area contributed by atoms with Crippen LogP contribution in [0.25, 0.3) is 0 Å². The lowest BCUT2D eigenvalue weighted by Crippen LogP contribution is -2.36. The lowest BCUT2D eigenvalue weighted by atomic mass is 10.2. The van der Waals surface area contributed by atoms with E-state index >= 15 is 0 Å². The van der Waals surface area contributed by atoms with E-state index in [1.165, 1.54) is 5.38 Å². The molecule has 0 aliphatic heterocycles. The van der Waals surface area contributed by atoms with E-state index in [0.29, 0.717) is 24.3 Å². The smallest absolute Gasteiger partial charge is 0.271 e. The number of hydrogen-bond donors (Lipinski definition) is 1. The van der Waals surface area contributed by atoms with Crippen LogP contribution in [0.1, 0.15) is 29.8 Å². The summed E-state index contributed by atoms with van der Waals surface area (Å²) in [6, 6.07) is -0.150. The van der Waals surface area contributed by atoms with Crippen LogP contribution in [0.15, 0.2) is 9.59 Å². The van der Waals surface area contributed by atoms with Crippen molar-refractivity contribution in [1.29, 1.82) is 0 Å². The average molecular weight is 326 g/mol. The summed E-state index contributed by atoms with van der Waals surface area (Å²) in [5, 5.41) is 4.23. The van der Waals surface area contributed by atoms with E-state index in [1.54, 1.807) is 6.92 Å². The molecule has 0 aliphatic carbocycles. The van der Waals surface area contributed by atoms with Crippen molar-refractivity contribution in [3.63, 3.8) is 0 Å². The fourth-order valence-electron chi connectivity index (χ4n) is 1.50. The Hall–Kier alpha value is -0.630. The molecule has 1 rings (SSSR count). The summed E-state index contributed by atoms with van der Waals surface area (Å²) in [6.07, 6.45) is 0. The van der Waals surface area contributed by atoms with Gasteiger partial charge in [0.15, 0.2) is 0 Å². The van der Waals surface area contributed by atoms with E-state index in [-0.39, 0.29) is 16.2 Å². The van der Waals surface area contributed by atoms with Gasteiger partial charge in [0, 0.05) is 28.7 Å². The molecule has 0 aromatic carbocycles. The minimum absolute atomic E-state index is 0.0109. The first-order valence-corrected chi connectivity index (χ1v) is 8.87. The molecule has 0 spiro atoms. The van der Waals surface area contributed by atoms with Crippen LogP contribution in [0.4, 0.5) is 0 Å². The SMILES string of the molecule is CCOCC(C)NC(=O)c1csc(S(=O)(=O)Cl)c1C. The Kier molecular flexibility index (Phi) is 5.79. The van der Waals surface area contributed by atoms with Crippen molar-refractivity contribution in [2.75, 3.05) is 13.2 Å². The van der Waals surface area contributed by atoms with E-state index < -0.39 is 9.05 Å². The lowest BCUT2D eigenvalue weighted by molar-refractivity contribution is 0.0871. The monoisotopic (exact) mass is 325 g/mol. The second-order valence-electron chi connectivity index (χ2n) is 4.03. The summed E-state index contributed by atoms with van der Waals surface area (Å²) in [7, 11) is 1.48. The van der Waals surface area contributed by atoms with Crippen molar-refractivity contribution in [2.24, 2.45) is 0 Å². The molecule has 1 atom stereocenters. The largest absolute Gasteiger partial charge is 0.380 e. The van der Waals surface area contributed by atoms with Gasteiger partial charge in [-0.3, -0.25) is 4.79 Å². The molecule has 1 aromatic rings. The molecule has 108 valence electrons. The molecule has 0 radical (unpaired) electrons. The number of nitrogens with one attached hydrogen (secondary N) is 1. The van der Waals surface area contributed by atoms with Gasteiger partial charge in [-0.1, -0.05) is 0 Å². The normalized spacial score (nSPS) is 13.3. The third-order valence-corrected chi connectivity index (χ3v) is 5.72. The fraction of sp³-hybridized carbons (Fsp3) is 0.545. The van der Waals surface area contributed by atoms with Gasteiger partial charge in [-0.15, -0.1) is 11.3 Å². The first-order chi connectivity index (χ1) is 8.77. The standard InChI is InChI=1S/C11H16ClNO4S2/c1-4-17-5-7(2)13-10(14)9-6-18-11(8(9)3)19(12,15)16/h6-7H,4-5H2,1-3H3,(H,13,14). The summed E-state index contributed by atoms with van der Waals surface area (Å²) in [6.45, 7) is 6.23. The van der Waals surface area contributed by atoms with Crippen LogP contribution in [-0.4, -0.2) is 33.6 Å². The summed E-state index contributed by atoms with van der Waals surface area (Å²) < 4.78 is 27.8. The van der Waals surface area contributed by atoms with Crippen LogP contribution in [0.3, 0.4) is 0 Å². The number of ether oxygens (including phenoxy) is 1. The highest BCUT2D eigenvalue weighted by Crippen LogP contribution is 2.29. The number of carbonyl (C=O) groups excluding carboxylic acids is 1. The summed E-state index contributed by atoms with van der Waals surface area (Å²) in [5.74, 6) is -0.326. The summed E-state index contributed by atoms with van der Waals surface area (Å²) in [4.78, 5) is 12.0. The molecule has 0 bridgehead atoms. The van der Waals surface area contributed by atoms with Gasteiger partial charge in [-0.2, -0.15) is 0 Å². The van der Waals surface area contributed by atoms with Crippen molar-refractivity contribution in [2.45, 2.75) is 31.0 Å². The Morgan fingerprint density at radius 2 is 2.21 bits per heavy atom. The molecule has 19 heavy (non-hydrogen) atoms. The van der Waals surface area contributed by atoms with Crippen LogP contribution in [-0.2, 0) is 13.8 Å². The first-order valence-electron chi connectivity index (χ1n) is 5.68. The third-order valence-electron chi connectivity index (χ3n) is 2.41. The predicted molar refractivity (Wildman–Crippen MR) is 75.5 cm³/mol. The maximum Gasteiger partial charge on any atom is 0.271 e. The van der Waals surface area contributed by atoms with Gasteiger partial charge in [0.2, 0.25) is 0 Å². The number of amides is 1. The molecule has 8 heteroatoms. The summed E-state index contributed by atoms with van der Waals surface area (Å²) in [5.41, 5.74) is 0.702. The van der Waals surface area contributed by atoms with Crippen molar-refractivity contribution in [3.05, 3.63) is 16.5 Å². The topological polar surface area (TPSA) is 72.5 Å². The molecule has 1 heterocycles. The summed E-state index contributed by atoms with van der Waals surface area (Å²) >= 11 is 0.944. The van der Waals surface area contributed by atoms with E-state index in [2.05, 4.69) is 5.32 Å². The number of halogens is 1. The van der Waals surface area contributed by atoms with Crippen LogP contribution in [0.5, 0.6) is 0 Å². The second kappa shape index (κ2) is 6.69. The predicted octanol–water partition coefficient (Wildman–Crippen LogP) is 2.14. The Morgan fingerprint density at radius 1 is 1.58 bits per heavy atom. The van der Waals surface area contributed by atoms with Crippen molar-refractivity contribution in [1.82, 2.24) is 5.32 Å². The molecule has 0 saturated heterocycles. The Balaban J connectivity index is 2.82. The number of rotatable bonds is 6. The highest BCUT2D eigenvalue weighted by molar-refractivity contribution is 8.15. The lowest BCUT2D eigenvalue weighted by Gasteiger charge is -2.13. The molecular weight excluding hydrogens is 310 g/mol. The molecule has 0 fully saturated rings. The van der Waals surface area contributed by atoms with E-state index in [1.807, 2.05) is 13.8 Å². The van der Waals surface area contributed by atoms with E-state index in [9.17, 15) is 13.2 Å². The molecule has 0 aliphatic rings. The fourth-order valence-corrected chi connectivity index (χ4v) is 4.05. The number of thiophene rings is 1. The molecule has 0 saturated carbocycles. The maximum absolute atomic E-state index is 12.0. The third kappa shape index (κ3) is 4.45. The minimum atomic E-state index is -3.80. The quantitative estimate of drug-likeness (QED) is 0.813.